The summed E-state index contributed by atoms with van der Waals surface area (Å²) in [5, 5.41) is 3.12. The Morgan fingerprint density at radius 3 is 2.24 bits per heavy atom. The molecule has 3 unspecified atom stereocenters. The highest BCUT2D eigenvalue weighted by molar-refractivity contribution is 5.81. The van der Waals surface area contributed by atoms with Gasteiger partial charge in [0.1, 0.15) is 0 Å². The van der Waals surface area contributed by atoms with E-state index in [0.717, 1.165) is 19.3 Å². The van der Waals surface area contributed by atoms with Crippen LogP contribution in [0.25, 0.3) is 0 Å². The molecule has 3 N–H and O–H groups in total. The first kappa shape index (κ1) is 14.5. The molecule has 3 nitrogen and oxygen atoms in total. The van der Waals surface area contributed by atoms with Gasteiger partial charge in [-0.25, -0.2) is 0 Å². The van der Waals surface area contributed by atoms with Crippen molar-refractivity contribution in [1.82, 2.24) is 5.32 Å². The van der Waals surface area contributed by atoms with E-state index in [1.807, 2.05) is 0 Å². The van der Waals surface area contributed by atoms with Gasteiger partial charge in [-0.15, -0.1) is 0 Å². The summed E-state index contributed by atoms with van der Waals surface area (Å²) in [5.41, 5.74) is 5.89. The van der Waals surface area contributed by atoms with Gasteiger partial charge >= 0.3 is 0 Å². The fourth-order valence-electron chi connectivity index (χ4n) is 2.99. The molecular formula is C14H28N2O. The Bertz CT molecular complexity index is 243. The second-order valence-electron chi connectivity index (χ2n) is 6.36. The molecule has 0 saturated heterocycles. The first-order valence-corrected chi connectivity index (χ1v) is 6.94. The van der Waals surface area contributed by atoms with Crippen molar-refractivity contribution in [2.24, 2.45) is 23.5 Å². The van der Waals surface area contributed by atoms with Crippen molar-refractivity contribution in [3.63, 3.8) is 0 Å². The van der Waals surface area contributed by atoms with E-state index in [9.17, 15) is 4.79 Å². The SMILES string of the molecule is CC(C)CC(N)C(=O)NC1CC(C)CC(C)C1. The number of hydrogen-bond acceptors (Lipinski definition) is 2. The lowest BCUT2D eigenvalue weighted by Gasteiger charge is -2.32. The Hall–Kier alpha value is -0.570. The summed E-state index contributed by atoms with van der Waals surface area (Å²) in [4.78, 5) is 11.9. The Balaban J connectivity index is 2.39. The maximum Gasteiger partial charge on any atom is 0.237 e. The Morgan fingerprint density at radius 1 is 1.24 bits per heavy atom. The minimum Gasteiger partial charge on any atom is -0.352 e. The van der Waals surface area contributed by atoms with Crippen LogP contribution in [0.15, 0.2) is 0 Å². The molecule has 1 rings (SSSR count). The number of carbonyl (C=O) groups excluding carboxylic acids is 1. The molecule has 0 bridgehead atoms. The van der Waals surface area contributed by atoms with Crippen molar-refractivity contribution in [1.29, 1.82) is 0 Å². The molecule has 0 spiro atoms. The summed E-state index contributed by atoms with van der Waals surface area (Å²) in [6.07, 6.45) is 4.25. The zero-order valence-corrected chi connectivity index (χ0v) is 11.7. The normalized spacial score (nSPS) is 31.3. The average molecular weight is 240 g/mol. The number of carbonyl (C=O) groups is 1. The highest BCUT2D eigenvalue weighted by Crippen LogP contribution is 2.28. The summed E-state index contributed by atoms with van der Waals surface area (Å²) in [6.45, 7) is 8.72. The third-order valence-corrected chi connectivity index (χ3v) is 3.59. The highest BCUT2D eigenvalue weighted by atomic mass is 16.2. The van der Waals surface area contributed by atoms with E-state index in [2.05, 4.69) is 33.0 Å². The number of nitrogens with two attached hydrogens (primary N) is 1. The highest BCUT2D eigenvalue weighted by Gasteiger charge is 2.26. The average Bonchev–Trinajstić information content (AvgIpc) is 2.14. The van der Waals surface area contributed by atoms with E-state index in [0.29, 0.717) is 23.8 Å². The lowest BCUT2D eigenvalue weighted by Crippen LogP contribution is -2.48. The molecule has 0 heterocycles. The first-order chi connectivity index (χ1) is 7.88. The second-order valence-corrected chi connectivity index (χ2v) is 6.36. The van der Waals surface area contributed by atoms with Crippen LogP contribution in [0, 0.1) is 17.8 Å². The molecule has 3 heteroatoms. The van der Waals surface area contributed by atoms with Gasteiger partial charge in [0.2, 0.25) is 5.91 Å². The summed E-state index contributed by atoms with van der Waals surface area (Å²) >= 11 is 0. The van der Waals surface area contributed by atoms with Crippen LogP contribution in [0.4, 0.5) is 0 Å². The van der Waals surface area contributed by atoms with E-state index in [1.54, 1.807) is 0 Å². The van der Waals surface area contributed by atoms with Crippen molar-refractivity contribution in [2.75, 3.05) is 0 Å². The van der Waals surface area contributed by atoms with Gasteiger partial charge in [-0.05, 0) is 43.4 Å². The third kappa shape index (κ3) is 5.07. The van der Waals surface area contributed by atoms with Gasteiger partial charge in [-0.2, -0.15) is 0 Å². The van der Waals surface area contributed by atoms with Crippen molar-refractivity contribution >= 4 is 5.91 Å². The van der Waals surface area contributed by atoms with Crippen molar-refractivity contribution in [2.45, 2.75) is 65.5 Å². The van der Waals surface area contributed by atoms with Gasteiger partial charge < -0.3 is 11.1 Å². The van der Waals surface area contributed by atoms with Gasteiger partial charge in [-0.3, -0.25) is 4.79 Å². The maximum absolute atomic E-state index is 11.9. The van der Waals surface area contributed by atoms with Gasteiger partial charge in [0.25, 0.3) is 0 Å². The monoisotopic (exact) mass is 240 g/mol. The quantitative estimate of drug-likeness (QED) is 0.792. The first-order valence-electron chi connectivity index (χ1n) is 6.94. The number of amides is 1. The lowest BCUT2D eigenvalue weighted by molar-refractivity contribution is -0.123. The molecule has 0 aromatic heterocycles. The van der Waals surface area contributed by atoms with Crippen molar-refractivity contribution in [3.05, 3.63) is 0 Å². The van der Waals surface area contributed by atoms with Crippen LogP contribution in [0.1, 0.15) is 53.4 Å². The van der Waals surface area contributed by atoms with Crippen LogP contribution in [-0.2, 0) is 4.79 Å². The molecule has 3 atom stereocenters. The van der Waals surface area contributed by atoms with Gasteiger partial charge in [0.15, 0.2) is 0 Å². The van der Waals surface area contributed by atoms with Gasteiger partial charge in [-0.1, -0.05) is 27.7 Å². The Kier molecular flexibility index (Phi) is 5.44. The van der Waals surface area contributed by atoms with E-state index < -0.39 is 0 Å². The lowest BCUT2D eigenvalue weighted by atomic mass is 9.80. The van der Waals surface area contributed by atoms with Crippen LogP contribution in [-0.4, -0.2) is 18.0 Å². The number of nitrogens with one attached hydrogen (secondary N) is 1. The zero-order chi connectivity index (χ0) is 13.0. The van der Waals surface area contributed by atoms with Crippen LogP contribution < -0.4 is 11.1 Å². The molecule has 1 fully saturated rings. The molecule has 1 saturated carbocycles. The summed E-state index contributed by atoms with van der Waals surface area (Å²) in [5.74, 6) is 1.93. The summed E-state index contributed by atoms with van der Waals surface area (Å²) in [7, 11) is 0. The van der Waals surface area contributed by atoms with E-state index in [-0.39, 0.29) is 11.9 Å². The molecule has 0 aromatic rings. The molecule has 0 aromatic carbocycles. The smallest absolute Gasteiger partial charge is 0.237 e. The van der Waals surface area contributed by atoms with Gasteiger partial charge in [0.05, 0.1) is 6.04 Å². The van der Waals surface area contributed by atoms with E-state index in [4.69, 9.17) is 5.73 Å². The Morgan fingerprint density at radius 2 is 1.76 bits per heavy atom. The molecular weight excluding hydrogens is 212 g/mol. The standard InChI is InChI=1S/C14H28N2O/c1-9(2)5-13(15)14(17)16-12-7-10(3)6-11(4)8-12/h9-13H,5-8,15H2,1-4H3,(H,16,17). The van der Waals surface area contributed by atoms with Crippen LogP contribution in [0.5, 0.6) is 0 Å². The zero-order valence-electron chi connectivity index (χ0n) is 11.7. The fourth-order valence-corrected chi connectivity index (χ4v) is 2.99. The largest absolute Gasteiger partial charge is 0.352 e. The molecule has 1 aliphatic carbocycles. The second kappa shape index (κ2) is 6.39. The predicted molar refractivity (Wildman–Crippen MR) is 71.5 cm³/mol. The number of rotatable bonds is 4. The van der Waals surface area contributed by atoms with Gasteiger partial charge in [0, 0.05) is 6.04 Å². The van der Waals surface area contributed by atoms with Crippen molar-refractivity contribution in [3.8, 4) is 0 Å². The van der Waals surface area contributed by atoms with Crippen molar-refractivity contribution < 1.29 is 4.79 Å². The van der Waals surface area contributed by atoms with Crippen LogP contribution in [0.3, 0.4) is 0 Å². The number of hydrogen-bond donors (Lipinski definition) is 2. The van der Waals surface area contributed by atoms with Crippen LogP contribution in [0.2, 0.25) is 0 Å². The maximum atomic E-state index is 11.9. The Labute approximate surface area is 106 Å². The van der Waals surface area contributed by atoms with E-state index >= 15 is 0 Å². The third-order valence-electron chi connectivity index (χ3n) is 3.59. The summed E-state index contributed by atoms with van der Waals surface area (Å²) < 4.78 is 0. The minimum atomic E-state index is -0.345. The minimum absolute atomic E-state index is 0.0324. The topological polar surface area (TPSA) is 55.1 Å². The molecule has 100 valence electrons. The van der Waals surface area contributed by atoms with Crippen LogP contribution >= 0.6 is 0 Å². The molecule has 17 heavy (non-hydrogen) atoms. The summed E-state index contributed by atoms with van der Waals surface area (Å²) in [6, 6.07) is -0.0120. The molecule has 1 aliphatic rings. The molecule has 0 aliphatic heterocycles. The molecule has 1 amide bonds. The van der Waals surface area contributed by atoms with E-state index in [1.165, 1.54) is 6.42 Å². The fraction of sp³-hybridized carbons (Fsp3) is 0.929. The molecule has 0 radical (unpaired) electrons. The predicted octanol–water partition coefficient (Wildman–Crippen LogP) is 2.30.